The lowest BCUT2D eigenvalue weighted by Crippen LogP contribution is -2.30. The monoisotopic (exact) mass is 271 g/mol. The maximum Gasteiger partial charge on any atom is 0.289 e. The van der Waals surface area contributed by atoms with Crippen LogP contribution in [-0.2, 0) is 11.3 Å². The number of hydrogen-bond donors (Lipinski definition) is 0. The second kappa shape index (κ2) is 5.79. The van der Waals surface area contributed by atoms with Crippen molar-refractivity contribution in [2.45, 2.75) is 45.9 Å². The highest BCUT2D eigenvalue weighted by molar-refractivity contribution is 6.17. The summed E-state index contributed by atoms with van der Waals surface area (Å²) < 4.78 is 5.74. The van der Waals surface area contributed by atoms with Gasteiger partial charge < -0.3 is 9.32 Å². The van der Waals surface area contributed by atoms with Gasteiger partial charge in [0.1, 0.15) is 5.76 Å². The van der Waals surface area contributed by atoms with Crippen molar-refractivity contribution >= 4 is 17.5 Å². The molecule has 102 valence electrons. The molecular formula is C14H22ClNO2. The van der Waals surface area contributed by atoms with Gasteiger partial charge in [0.25, 0.3) is 5.91 Å². The summed E-state index contributed by atoms with van der Waals surface area (Å²) in [6, 6.07) is 1.89. The third-order valence-corrected chi connectivity index (χ3v) is 3.22. The van der Waals surface area contributed by atoms with Crippen LogP contribution in [0.25, 0.3) is 0 Å². The van der Waals surface area contributed by atoms with Crippen LogP contribution in [0.2, 0.25) is 0 Å². The van der Waals surface area contributed by atoms with E-state index in [1.165, 1.54) is 0 Å². The predicted molar refractivity (Wildman–Crippen MR) is 74.2 cm³/mol. The van der Waals surface area contributed by atoms with Crippen LogP contribution >= 0.6 is 11.6 Å². The van der Waals surface area contributed by atoms with E-state index in [4.69, 9.17) is 16.0 Å². The maximum atomic E-state index is 12.3. The summed E-state index contributed by atoms with van der Waals surface area (Å²) in [6.07, 6.45) is 0. The van der Waals surface area contributed by atoms with Gasteiger partial charge in [-0.05, 0) is 19.9 Å². The number of rotatable bonds is 4. The number of halogens is 1. The average Bonchev–Trinajstić information content (AvgIpc) is 2.73. The lowest BCUT2D eigenvalue weighted by Gasteiger charge is -2.18. The summed E-state index contributed by atoms with van der Waals surface area (Å²) in [5.74, 6) is 1.40. The summed E-state index contributed by atoms with van der Waals surface area (Å²) in [5, 5.41) is 0. The highest BCUT2D eigenvalue weighted by atomic mass is 35.5. The second-order valence-corrected chi connectivity index (χ2v) is 5.59. The van der Waals surface area contributed by atoms with Gasteiger partial charge in [-0.3, -0.25) is 4.79 Å². The molecule has 0 bridgehead atoms. The highest BCUT2D eigenvalue weighted by Crippen LogP contribution is 2.28. The molecule has 0 spiro atoms. The minimum Gasteiger partial charge on any atom is -0.455 e. The molecule has 0 fully saturated rings. The Hall–Kier alpha value is -0.960. The SMILES string of the molecule is CCN(CC)C(=O)c1oc(C(C)(C)C)cc1CCl. The van der Waals surface area contributed by atoms with E-state index in [0.717, 1.165) is 11.3 Å². The minimum atomic E-state index is -0.122. The number of carbonyl (C=O) groups is 1. The molecule has 0 saturated heterocycles. The van der Waals surface area contributed by atoms with Gasteiger partial charge in [-0.25, -0.2) is 0 Å². The van der Waals surface area contributed by atoms with Crippen LogP contribution in [0.3, 0.4) is 0 Å². The molecule has 4 heteroatoms. The van der Waals surface area contributed by atoms with Crippen molar-refractivity contribution < 1.29 is 9.21 Å². The summed E-state index contributed by atoms with van der Waals surface area (Å²) in [7, 11) is 0. The third-order valence-electron chi connectivity index (χ3n) is 2.94. The molecular weight excluding hydrogens is 250 g/mol. The Labute approximate surface area is 114 Å². The van der Waals surface area contributed by atoms with Crippen LogP contribution in [0.15, 0.2) is 10.5 Å². The third kappa shape index (κ3) is 3.08. The van der Waals surface area contributed by atoms with Gasteiger partial charge in [0.15, 0.2) is 5.76 Å². The van der Waals surface area contributed by atoms with E-state index in [0.29, 0.717) is 24.7 Å². The molecule has 3 nitrogen and oxygen atoms in total. The fourth-order valence-electron chi connectivity index (χ4n) is 1.73. The first-order chi connectivity index (χ1) is 8.35. The molecule has 0 atom stereocenters. The predicted octanol–water partition coefficient (Wildman–Crippen LogP) is 3.80. The van der Waals surface area contributed by atoms with Crippen molar-refractivity contribution in [2.24, 2.45) is 0 Å². The van der Waals surface area contributed by atoms with E-state index < -0.39 is 0 Å². The number of furan rings is 1. The molecule has 1 amide bonds. The number of hydrogen-bond acceptors (Lipinski definition) is 2. The first-order valence-electron chi connectivity index (χ1n) is 6.33. The Bertz CT molecular complexity index is 414. The number of amides is 1. The van der Waals surface area contributed by atoms with Gasteiger partial charge >= 0.3 is 0 Å². The van der Waals surface area contributed by atoms with Gasteiger partial charge in [-0.2, -0.15) is 0 Å². The van der Waals surface area contributed by atoms with E-state index in [2.05, 4.69) is 20.8 Å². The Kier molecular flexibility index (Phi) is 4.85. The van der Waals surface area contributed by atoms with Crippen LogP contribution in [-0.4, -0.2) is 23.9 Å². The topological polar surface area (TPSA) is 33.5 Å². The lowest BCUT2D eigenvalue weighted by molar-refractivity contribution is 0.0736. The molecule has 0 unspecified atom stereocenters. The Morgan fingerprint density at radius 3 is 2.28 bits per heavy atom. The van der Waals surface area contributed by atoms with Crippen LogP contribution < -0.4 is 0 Å². The molecule has 0 saturated carbocycles. The van der Waals surface area contributed by atoms with Gasteiger partial charge in [0.05, 0.1) is 5.88 Å². The van der Waals surface area contributed by atoms with E-state index in [1.807, 2.05) is 19.9 Å². The summed E-state index contributed by atoms with van der Waals surface area (Å²) >= 11 is 5.90. The first-order valence-corrected chi connectivity index (χ1v) is 6.87. The van der Waals surface area contributed by atoms with Crippen molar-refractivity contribution in [3.8, 4) is 0 Å². The highest BCUT2D eigenvalue weighted by Gasteiger charge is 2.26. The van der Waals surface area contributed by atoms with E-state index in [9.17, 15) is 4.79 Å². The molecule has 1 rings (SSSR count). The zero-order valence-electron chi connectivity index (χ0n) is 11.8. The smallest absolute Gasteiger partial charge is 0.289 e. The van der Waals surface area contributed by atoms with Crippen LogP contribution in [0.1, 0.15) is 56.5 Å². The van der Waals surface area contributed by atoms with Crippen molar-refractivity contribution in [3.63, 3.8) is 0 Å². The number of alkyl halides is 1. The molecule has 0 aliphatic rings. The number of nitrogens with zero attached hydrogens (tertiary/aromatic N) is 1. The molecule has 0 radical (unpaired) electrons. The van der Waals surface area contributed by atoms with Crippen molar-refractivity contribution in [2.75, 3.05) is 13.1 Å². The average molecular weight is 272 g/mol. The van der Waals surface area contributed by atoms with Gasteiger partial charge in [-0.15, -0.1) is 11.6 Å². The fourth-order valence-corrected chi connectivity index (χ4v) is 1.93. The number of carbonyl (C=O) groups excluding carboxylic acids is 1. The van der Waals surface area contributed by atoms with E-state index >= 15 is 0 Å². The van der Waals surface area contributed by atoms with Crippen LogP contribution in [0.5, 0.6) is 0 Å². The minimum absolute atomic E-state index is 0.0776. The van der Waals surface area contributed by atoms with E-state index in [-0.39, 0.29) is 11.3 Å². The van der Waals surface area contributed by atoms with Gasteiger partial charge in [0, 0.05) is 24.1 Å². The standard InChI is InChI=1S/C14H22ClNO2/c1-6-16(7-2)13(17)12-10(9-15)8-11(18-12)14(3,4)5/h8H,6-7,9H2,1-5H3. The normalized spacial score (nSPS) is 11.7. The molecule has 0 aliphatic heterocycles. The molecule has 0 aromatic carbocycles. The molecule has 1 aromatic heterocycles. The summed E-state index contributed by atoms with van der Waals surface area (Å²) in [4.78, 5) is 14.0. The molecule has 18 heavy (non-hydrogen) atoms. The zero-order valence-corrected chi connectivity index (χ0v) is 12.6. The van der Waals surface area contributed by atoms with Gasteiger partial charge in [0.2, 0.25) is 0 Å². The Balaban J connectivity index is 3.16. The van der Waals surface area contributed by atoms with Crippen molar-refractivity contribution in [1.29, 1.82) is 0 Å². The Morgan fingerprint density at radius 2 is 1.89 bits per heavy atom. The molecule has 0 N–H and O–H groups in total. The van der Waals surface area contributed by atoms with E-state index in [1.54, 1.807) is 4.90 Å². The zero-order chi connectivity index (χ0) is 13.9. The molecule has 0 aliphatic carbocycles. The molecule has 1 aromatic rings. The van der Waals surface area contributed by atoms with Crippen LogP contribution in [0, 0.1) is 0 Å². The quantitative estimate of drug-likeness (QED) is 0.781. The second-order valence-electron chi connectivity index (χ2n) is 5.33. The van der Waals surface area contributed by atoms with Crippen molar-refractivity contribution in [3.05, 3.63) is 23.2 Å². The maximum absolute atomic E-state index is 12.3. The summed E-state index contributed by atoms with van der Waals surface area (Å²) in [6.45, 7) is 11.4. The fraction of sp³-hybridized carbons (Fsp3) is 0.643. The molecule has 1 heterocycles. The lowest BCUT2D eigenvalue weighted by atomic mass is 9.93. The van der Waals surface area contributed by atoms with Crippen molar-refractivity contribution in [1.82, 2.24) is 4.90 Å². The largest absolute Gasteiger partial charge is 0.455 e. The summed E-state index contributed by atoms with van der Waals surface area (Å²) in [5.41, 5.74) is 0.654. The van der Waals surface area contributed by atoms with Gasteiger partial charge in [-0.1, -0.05) is 20.8 Å². The first kappa shape index (κ1) is 15.1. The van der Waals surface area contributed by atoms with Crippen LogP contribution in [0.4, 0.5) is 0 Å². The Morgan fingerprint density at radius 1 is 1.33 bits per heavy atom.